The van der Waals surface area contributed by atoms with Crippen LogP contribution < -0.4 is 0 Å². The van der Waals surface area contributed by atoms with E-state index in [0.717, 1.165) is 36.8 Å². The molecule has 0 spiro atoms. The second-order valence-electron chi connectivity index (χ2n) is 5.80. The van der Waals surface area contributed by atoms with Crippen LogP contribution in [0.4, 0.5) is 0 Å². The van der Waals surface area contributed by atoms with Crippen molar-refractivity contribution in [3.8, 4) is 0 Å². The summed E-state index contributed by atoms with van der Waals surface area (Å²) in [6.07, 6.45) is 5.92. The predicted molar refractivity (Wildman–Crippen MR) is 73.9 cm³/mol. The van der Waals surface area contributed by atoms with Crippen molar-refractivity contribution in [1.29, 1.82) is 0 Å². The van der Waals surface area contributed by atoms with E-state index >= 15 is 0 Å². The highest BCUT2D eigenvalue weighted by molar-refractivity contribution is 5.86. The number of nitrogens with zero attached hydrogens (tertiary/aromatic N) is 1. The van der Waals surface area contributed by atoms with Gasteiger partial charge in [-0.3, -0.25) is 4.79 Å². The van der Waals surface area contributed by atoms with E-state index in [4.69, 9.17) is 4.42 Å². The molecule has 0 atom stereocenters. The molecule has 0 N–H and O–H groups in total. The lowest BCUT2D eigenvalue weighted by molar-refractivity contribution is -0.129. The Labute approximate surface area is 113 Å². The zero-order valence-electron chi connectivity index (χ0n) is 11.3. The third kappa shape index (κ3) is 2.42. The number of Topliss-reactive ketones (excluding diaryl/α,β-unsaturated/α-hetero) is 1. The molecule has 0 unspecified atom stereocenters. The maximum absolute atomic E-state index is 12.5. The number of aromatic nitrogens is 1. The molecule has 100 valence electrons. The molecule has 0 saturated heterocycles. The van der Waals surface area contributed by atoms with Crippen LogP contribution in [0.3, 0.4) is 0 Å². The molecule has 3 nitrogen and oxygen atoms in total. The number of para-hydroxylation sites is 2. The largest absolute Gasteiger partial charge is 0.440 e. The summed E-state index contributed by atoms with van der Waals surface area (Å²) < 4.78 is 5.64. The molecule has 1 aromatic carbocycles. The molecule has 0 aliphatic heterocycles. The molecule has 1 aliphatic carbocycles. The van der Waals surface area contributed by atoms with Gasteiger partial charge in [-0.05, 0) is 25.0 Å². The highest BCUT2D eigenvalue weighted by atomic mass is 16.3. The monoisotopic (exact) mass is 257 g/mol. The van der Waals surface area contributed by atoms with Crippen LogP contribution in [0.2, 0.25) is 0 Å². The van der Waals surface area contributed by atoms with Crippen molar-refractivity contribution in [2.75, 3.05) is 0 Å². The van der Waals surface area contributed by atoms with Crippen LogP contribution in [0.5, 0.6) is 0 Å². The van der Waals surface area contributed by atoms with Gasteiger partial charge in [0.2, 0.25) is 5.89 Å². The van der Waals surface area contributed by atoms with Crippen molar-refractivity contribution in [3.63, 3.8) is 0 Å². The third-order valence-electron chi connectivity index (χ3n) is 4.28. The summed E-state index contributed by atoms with van der Waals surface area (Å²) >= 11 is 0. The Morgan fingerprint density at radius 2 is 2.00 bits per heavy atom. The molecule has 1 aromatic heterocycles. The van der Waals surface area contributed by atoms with Gasteiger partial charge in [0.15, 0.2) is 5.58 Å². The Morgan fingerprint density at radius 1 is 1.26 bits per heavy atom. The highest BCUT2D eigenvalue weighted by Gasteiger charge is 2.34. The van der Waals surface area contributed by atoms with Crippen molar-refractivity contribution in [1.82, 2.24) is 4.98 Å². The van der Waals surface area contributed by atoms with Gasteiger partial charge in [-0.1, -0.05) is 38.3 Å². The minimum atomic E-state index is -0.168. The van der Waals surface area contributed by atoms with Gasteiger partial charge in [0.1, 0.15) is 11.3 Å². The van der Waals surface area contributed by atoms with Gasteiger partial charge in [-0.25, -0.2) is 4.98 Å². The van der Waals surface area contributed by atoms with Crippen LogP contribution in [-0.4, -0.2) is 10.8 Å². The summed E-state index contributed by atoms with van der Waals surface area (Å²) in [5.41, 5.74) is 1.43. The number of rotatable bonds is 3. The van der Waals surface area contributed by atoms with E-state index in [1.54, 1.807) is 0 Å². The van der Waals surface area contributed by atoms with Gasteiger partial charge in [0, 0.05) is 5.41 Å². The maximum atomic E-state index is 12.5. The molecule has 1 saturated carbocycles. The van der Waals surface area contributed by atoms with Gasteiger partial charge >= 0.3 is 0 Å². The number of benzene rings is 1. The highest BCUT2D eigenvalue weighted by Crippen LogP contribution is 2.37. The maximum Gasteiger partial charge on any atom is 0.202 e. The Bertz CT molecular complexity index is 561. The van der Waals surface area contributed by atoms with E-state index in [9.17, 15) is 4.79 Å². The molecule has 3 heteroatoms. The minimum absolute atomic E-state index is 0.168. The minimum Gasteiger partial charge on any atom is -0.440 e. The fourth-order valence-corrected chi connectivity index (χ4v) is 2.96. The van der Waals surface area contributed by atoms with Crippen molar-refractivity contribution >= 4 is 16.9 Å². The van der Waals surface area contributed by atoms with Gasteiger partial charge in [0.25, 0.3) is 0 Å². The standard InChI is InChI=1S/C16H19NO2/c1-16(9-5-2-6-10-16)14(18)11-15-17-12-7-3-4-8-13(12)19-15/h3-4,7-8H,2,5-6,9-11H2,1H3. The van der Waals surface area contributed by atoms with Crippen molar-refractivity contribution in [2.45, 2.75) is 45.4 Å². The van der Waals surface area contributed by atoms with Crippen LogP contribution >= 0.6 is 0 Å². The number of carbonyl (C=O) groups excluding carboxylic acids is 1. The topological polar surface area (TPSA) is 43.1 Å². The van der Waals surface area contributed by atoms with Gasteiger partial charge < -0.3 is 4.42 Å². The first-order chi connectivity index (χ1) is 9.17. The first-order valence-electron chi connectivity index (χ1n) is 7.05. The van der Waals surface area contributed by atoms with Gasteiger partial charge in [-0.2, -0.15) is 0 Å². The number of ketones is 1. The van der Waals surface area contributed by atoms with Gasteiger partial charge in [-0.15, -0.1) is 0 Å². The summed E-state index contributed by atoms with van der Waals surface area (Å²) in [6.45, 7) is 2.09. The van der Waals surface area contributed by atoms with Crippen LogP contribution in [-0.2, 0) is 11.2 Å². The second-order valence-corrected chi connectivity index (χ2v) is 5.80. The Balaban J connectivity index is 1.78. The van der Waals surface area contributed by atoms with Gasteiger partial charge in [0.05, 0.1) is 6.42 Å². The number of hydrogen-bond acceptors (Lipinski definition) is 3. The van der Waals surface area contributed by atoms with E-state index in [1.807, 2.05) is 24.3 Å². The molecule has 1 aliphatic rings. The lowest BCUT2D eigenvalue weighted by atomic mass is 9.72. The van der Waals surface area contributed by atoms with Crippen LogP contribution in [0.25, 0.3) is 11.1 Å². The molecule has 1 heterocycles. The average molecular weight is 257 g/mol. The number of fused-ring (bicyclic) bond motifs is 1. The SMILES string of the molecule is CC1(C(=O)Cc2nc3ccccc3o2)CCCCC1. The summed E-state index contributed by atoms with van der Waals surface area (Å²) in [7, 11) is 0. The first kappa shape index (κ1) is 12.4. The quantitative estimate of drug-likeness (QED) is 0.837. The molecule has 2 aromatic rings. The fourth-order valence-electron chi connectivity index (χ4n) is 2.96. The number of hydrogen-bond donors (Lipinski definition) is 0. The van der Waals surface area contributed by atoms with Crippen molar-refractivity contribution < 1.29 is 9.21 Å². The van der Waals surface area contributed by atoms with E-state index in [2.05, 4.69) is 11.9 Å². The Kier molecular flexibility index (Phi) is 3.13. The first-order valence-corrected chi connectivity index (χ1v) is 7.05. The van der Waals surface area contributed by atoms with Crippen LogP contribution in [0.15, 0.2) is 28.7 Å². The molecular weight excluding hydrogens is 238 g/mol. The second kappa shape index (κ2) is 4.80. The molecule has 0 radical (unpaired) electrons. The lowest BCUT2D eigenvalue weighted by Crippen LogP contribution is -2.31. The van der Waals surface area contributed by atoms with Crippen LogP contribution in [0, 0.1) is 5.41 Å². The van der Waals surface area contributed by atoms with Crippen molar-refractivity contribution in [3.05, 3.63) is 30.2 Å². The number of carbonyl (C=O) groups is 1. The molecule has 0 amide bonds. The third-order valence-corrected chi connectivity index (χ3v) is 4.28. The summed E-state index contributed by atoms with van der Waals surface area (Å²) in [6, 6.07) is 7.65. The number of oxazole rings is 1. The Hall–Kier alpha value is -1.64. The van der Waals surface area contributed by atoms with E-state index in [1.165, 1.54) is 6.42 Å². The molecule has 0 bridgehead atoms. The fraction of sp³-hybridized carbons (Fsp3) is 0.500. The summed E-state index contributed by atoms with van der Waals surface area (Å²) in [5, 5.41) is 0. The normalized spacial score (nSPS) is 18.6. The molecular formula is C16H19NO2. The summed E-state index contributed by atoms with van der Waals surface area (Å²) in [4.78, 5) is 16.9. The predicted octanol–water partition coefficient (Wildman–Crippen LogP) is 3.91. The molecule has 3 rings (SSSR count). The Morgan fingerprint density at radius 3 is 2.74 bits per heavy atom. The molecule has 1 fully saturated rings. The van der Waals surface area contributed by atoms with E-state index in [-0.39, 0.29) is 11.2 Å². The zero-order chi connectivity index (χ0) is 13.3. The van der Waals surface area contributed by atoms with Crippen molar-refractivity contribution in [2.24, 2.45) is 5.41 Å². The van der Waals surface area contributed by atoms with E-state index in [0.29, 0.717) is 12.3 Å². The average Bonchev–Trinajstić information content (AvgIpc) is 2.81. The van der Waals surface area contributed by atoms with Crippen LogP contribution in [0.1, 0.15) is 44.9 Å². The molecule has 19 heavy (non-hydrogen) atoms. The summed E-state index contributed by atoms with van der Waals surface area (Å²) in [5.74, 6) is 0.830. The lowest BCUT2D eigenvalue weighted by Gasteiger charge is -2.31. The van der Waals surface area contributed by atoms with E-state index < -0.39 is 0 Å². The smallest absolute Gasteiger partial charge is 0.202 e. The zero-order valence-corrected chi connectivity index (χ0v) is 11.3.